The first-order valence-electron chi connectivity index (χ1n) is 10.2. The number of hydrogen-bond donors (Lipinski definition) is 1. The minimum absolute atomic E-state index is 0.0545. The Morgan fingerprint density at radius 2 is 1.55 bits per heavy atom. The molecule has 0 radical (unpaired) electrons. The maximum Gasteiger partial charge on any atom is 0.257 e. The van der Waals surface area contributed by atoms with Gasteiger partial charge in [-0.05, 0) is 50.2 Å². The summed E-state index contributed by atoms with van der Waals surface area (Å²) in [5, 5.41) is 2.90. The Morgan fingerprint density at radius 1 is 0.897 bits per heavy atom. The molecule has 0 spiro atoms. The van der Waals surface area contributed by atoms with E-state index in [4.69, 9.17) is 0 Å². The van der Waals surface area contributed by atoms with E-state index in [1.54, 1.807) is 6.07 Å². The third kappa shape index (κ3) is 4.56. The molecule has 1 N–H and O–H groups in total. The minimum Gasteiger partial charge on any atom is -0.369 e. The molecule has 3 heterocycles. The van der Waals surface area contributed by atoms with Crippen molar-refractivity contribution in [1.29, 1.82) is 0 Å². The van der Waals surface area contributed by atoms with Gasteiger partial charge in [-0.1, -0.05) is 0 Å². The largest absolute Gasteiger partial charge is 0.369 e. The number of carbonyl (C=O) groups excluding carboxylic acids is 2. The van der Waals surface area contributed by atoms with Crippen LogP contribution in [-0.2, 0) is 0 Å². The molecular weight excluding hydrogens is 366 g/mol. The average Bonchev–Trinajstić information content (AvgIpc) is 3.29. The van der Waals surface area contributed by atoms with Gasteiger partial charge < -0.3 is 20.0 Å². The first kappa shape index (κ1) is 19.4. The Hall–Kier alpha value is -2.93. The summed E-state index contributed by atoms with van der Waals surface area (Å²) in [6, 6.07) is 9.52. The number of likely N-dealkylation sites (tertiary alicyclic amines) is 1. The molecule has 7 heteroatoms. The number of hydrogen-bond acceptors (Lipinski definition) is 5. The van der Waals surface area contributed by atoms with Crippen LogP contribution in [0.5, 0.6) is 0 Å². The first-order valence-corrected chi connectivity index (χ1v) is 10.2. The van der Waals surface area contributed by atoms with Crippen LogP contribution in [0.2, 0.25) is 0 Å². The summed E-state index contributed by atoms with van der Waals surface area (Å²) in [5.41, 5.74) is 2.74. The van der Waals surface area contributed by atoms with E-state index in [9.17, 15) is 9.59 Å². The van der Waals surface area contributed by atoms with E-state index >= 15 is 0 Å². The van der Waals surface area contributed by atoms with Gasteiger partial charge in [0, 0.05) is 63.0 Å². The van der Waals surface area contributed by atoms with Crippen molar-refractivity contribution in [3.05, 3.63) is 53.9 Å². The van der Waals surface area contributed by atoms with Gasteiger partial charge in [0.2, 0.25) is 0 Å². The smallest absolute Gasteiger partial charge is 0.257 e. The molecule has 0 unspecified atom stereocenters. The number of aromatic nitrogens is 1. The van der Waals surface area contributed by atoms with Crippen LogP contribution < -0.4 is 10.2 Å². The number of rotatable bonds is 4. The molecule has 0 bridgehead atoms. The second-order valence-corrected chi connectivity index (χ2v) is 7.75. The maximum atomic E-state index is 12.6. The van der Waals surface area contributed by atoms with E-state index in [2.05, 4.69) is 27.1 Å². The number of likely N-dealkylation sites (N-methyl/N-ethyl adjacent to an activating group) is 1. The minimum atomic E-state index is -0.263. The second kappa shape index (κ2) is 8.61. The van der Waals surface area contributed by atoms with Crippen LogP contribution in [0.3, 0.4) is 0 Å². The molecule has 7 nitrogen and oxygen atoms in total. The van der Waals surface area contributed by atoms with Crippen molar-refractivity contribution >= 4 is 23.2 Å². The van der Waals surface area contributed by atoms with Gasteiger partial charge in [0.05, 0.1) is 11.1 Å². The van der Waals surface area contributed by atoms with Gasteiger partial charge in [0.15, 0.2) is 0 Å². The Labute approximate surface area is 171 Å². The molecule has 0 saturated carbocycles. The second-order valence-electron chi connectivity index (χ2n) is 7.75. The van der Waals surface area contributed by atoms with E-state index in [-0.39, 0.29) is 11.8 Å². The Morgan fingerprint density at radius 3 is 2.24 bits per heavy atom. The van der Waals surface area contributed by atoms with E-state index in [0.717, 1.165) is 63.5 Å². The maximum absolute atomic E-state index is 12.6. The van der Waals surface area contributed by atoms with E-state index < -0.39 is 0 Å². The highest BCUT2D eigenvalue weighted by Crippen LogP contribution is 2.20. The summed E-state index contributed by atoms with van der Waals surface area (Å²) in [6.07, 6.45) is 5.09. The van der Waals surface area contributed by atoms with Crippen LogP contribution in [0.15, 0.2) is 42.7 Å². The van der Waals surface area contributed by atoms with E-state index in [1.807, 2.05) is 29.2 Å². The SMILES string of the molecule is CN1CCN(c2ccc(NC(=O)c3cncc(C(=O)N4CCCC4)c3)cc2)CC1. The lowest BCUT2D eigenvalue weighted by Crippen LogP contribution is -2.44. The van der Waals surface area contributed by atoms with Crippen molar-refractivity contribution in [2.24, 2.45) is 0 Å². The molecule has 152 valence electrons. The topological polar surface area (TPSA) is 68.8 Å². The molecule has 2 fully saturated rings. The fourth-order valence-electron chi connectivity index (χ4n) is 3.81. The molecule has 2 aromatic rings. The van der Waals surface area contributed by atoms with Crippen LogP contribution in [-0.4, -0.2) is 72.9 Å². The lowest BCUT2D eigenvalue weighted by Gasteiger charge is -2.34. The molecule has 1 aromatic carbocycles. The number of carbonyl (C=O) groups is 2. The summed E-state index contributed by atoms with van der Waals surface area (Å²) in [7, 11) is 2.14. The molecule has 2 aliphatic heterocycles. The van der Waals surface area contributed by atoms with Crippen LogP contribution >= 0.6 is 0 Å². The van der Waals surface area contributed by atoms with Crippen LogP contribution in [0.4, 0.5) is 11.4 Å². The summed E-state index contributed by atoms with van der Waals surface area (Å²) in [4.78, 5) is 35.8. The third-order valence-corrected chi connectivity index (χ3v) is 5.63. The monoisotopic (exact) mass is 393 g/mol. The van der Waals surface area contributed by atoms with Gasteiger partial charge in [-0.15, -0.1) is 0 Å². The van der Waals surface area contributed by atoms with Crippen molar-refractivity contribution in [1.82, 2.24) is 14.8 Å². The van der Waals surface area contributed by atoms with Crippen LogP contribution in [0.1, 0.15) is 33.6 Å². The average molecular weight is 393 g/mol. The number of benzene rings is 1. The molecule has 4 rings (SSSR count). The number of nitrogens with zero attached hydrogens (tertiary/aromatic N) is 4. The molecule has 29 heavy (non-hydrogen) atoms. The van der Waals surface area contributed by atoms with Gasteiger partial charge in [0.1, 0.15) is 0 Å². The van der Waals surface area contributed by atoms with Crippen LogP contribution in [0, 0.1) is 0 Å². The third-order valence-electron chi connectivity index (χ3n) is 5.63. The highest BCUT2D eigenvalue weighted by molar-refractivity contribution is 6.05. The van der Waals surface area contributed by atoms with Gasteiger partial charge >= 0.3 is 0 Å². The highest BCUT2D eigenvalue weighted by atomic mass is 16.2. The molecule has 2 amide bonds. The lowest BCUT2D eigenvalue weighted by atomic mass is 10.1. The van der Waals surface area contributed by atoms with Crippen molar-refractivity contribution in [2.75, 3.05) is 56.5 Å². The molecule has 0 aliphatic carbocycles. The van der Waals surface area contributed by atoms with E-state index in [0.29, 0.717) is 11.1 Å². The van der Waals surface area contributed by atoms with Gasteiger partial charge in [0.25, 0.3) is 11.8 Å². The summed E-state index contributed by atoms with van der Waals surface area (Å²) >= 11 is 0. The zero-order valence-electron chi connectivity index (χ0n) is 16.8. The molecule has 2 aliphatic rings. The Kier molecular flexibility index (Phi) is 5.76. The number of nitrogens with one attached hydrogen (secondary N) is 1. The quantitative estimate of drug-likeness (QED) is 0.863. The Balaban J connectivity index is 1.40. The van der Waals surface area contributed by atoms with Crippen LogP contribution in [0.25, 0.3) is 0 Å². The molecule has 1 aromatic heterocycles. The zero-order chi connectivity index (χ0) is 20.2. The number of pyridine rings is 1. The zero-order valence-corrected chi connectivity index (χ0v) is 16.8. The number of anilines is 2. The Bertz CT molecular complexity index is 869. The fraction of sp³-hybridized carbons (Fsp3) is 0.409. The lowest BCUT2D eigenvalue weighted by molar-refractivity contribution is 0.0792. The van der Waals surface area contributed by atoms with Crippen molar-refractivity contribution in [2.45, 2.75) is 12.8 Å². The molecular formula is C22H27N5O2. The normalized spacial score (nSPS) is 17.4. The van der Waals surface area contributed by atoms with Gasteiger partial charge in [-0.25, -0.2) is 0 Å². The molecule has 2 saturated heterocycles. The van der Waals surface area contributed by atoms with Crippen molar-refractivity contribution in [3.8, 4) is 0 Å². The number of amides is 2. The fourth-order valence-corrected chi connectivity index (χ4v) is 3.81. The van der Waals surface area contributed by atoms with Crippen molar-refractivity contribution in [3.63, 3.8) is 0 Å². The summed E-state index contributed by atoms with van der Waals surface area (Å²) in [5.74, 6) is -0.318. The van der Waals surface area contributed by atoms with Gasteiger partial charge in [-0.3, -0.25) is 14.6 Å². The first-order chi connectivity index (χ1) is 14.1. The predicted octanol–water partition coefficient (Wildman–Crippen LogP) is 2.32. The molecule has 0 atom stereocenters. The van der Waals surface area contributed by atoms with E-state index in [1.165, 1.54) is 12.4 Å². The standard InChI is InChI=1S/C22H27N5O2/c1-25-10-12-26(13-11-25)20-6-4-19(5-7-20)24-21(28)17-14-18(16-23-15-17)22(29)27-8-2-3-9-27/h4-7,14-16H,2-3,8-13H2,1H3,(H,24,28). The van der Waals surface area contributed by atoms with Gasteiger partial charge in [-0.2, -0.15) is 0 Å². The summed E-state index contributed by atoms with van der Waals surface area (Å²) < 4.78 is 0. The van der Waals surface area contributed by atoms with Crippen molar-refractivity contribution < 1.29 is 9.59 Å². The number of piperazine rings is 1. The highest BCUT2D eigenvalue weighted by Gasteiger charge is 2.21. The summed E-state index contributed by atoms with van der Waals surface area (Å²) in [6.45, 7) is 5.66. The predicted molar refractivity (Wildman–Crippen MR) is 113 cm³/mol.